The number of carboxylic acids is 2. The molecule has 2 N–H and O–H groups in total. The molecule has 29 heavy (non-hydrogen) atoms. The molecule has 1 aromatic heterocycles. The fourth-order valence-electron chi connectivity index (χ4n) is 2.73. The van der Waals surface area contributed by atoms with E-state index in [9.17, 15) is 0 Å². The number of hydrogen-bond acceptors (Lipinski definition) is 5. The van der Waals surface area contributed by atoms with Crippen LogP contribution in [0.25, 0.3) is 0 Å². The summed E-state index contributed by atoms with van der Waals surface area (Å²) >= 11 is 2.03. The summed E-state index contributed by atoms with van der Waals surface area (Å²) in [6, 6.07) is 0. The Bertz CT molecular complexity index is 499. The van der Waals surface area contributed by atoms with Gasteiger partial charge in [-0.3, -0.25) is 0 Å². The van der Waals surface area contributed by atoms with Gasteiger partial charge in [-0.05, 0) is 12.2 Å². The molecule has 0 amide bonds. The Kier molecular flexibility index (Phi) is 18.7. The molecule has 1 aromatic rings. The lowest BCUT2D eigenvalue weighted by Crippen LogP contribution is -2.20. The first kappa shape index (κ1) is 27.5. The maximum atomic E-state index is 9.10. The van der Waals surface area contributed by atoms with Crippen molar-refractivity contribution in [1.82, 2.24) is 9.55 Å². The number of imidazole rings is 1. The molecule has 0 aliphatic rings. The Labute approximate surface area is 179 Å². The van der Waals surface area contributed by atoms with E-state index in [0.29, 0.717) is 0 Å². The van der Waals surface area contributed by atoms with Crippen LogP contribution in [-0.2, 0) is 20.9 Å². The van der Waals surface area contributed by atoms with E-state index in [1.807, 2.05) is 37.6 Å². The largest absolute Gasteiger partial charge is 0.473 e. The molecule has 1 atom stereocenters. The van der Waals surface area contributed by atoms with Crippen LogP contribution in [0.15, 0.2) is 18.7 Å². The normalized spacial score (nSPS) is 11.5. The predicted octanol–water partition coefficient (Wildman–Crippen LogP) is 4.71. The van der Waals surface area contributed by atoms with Crippen LogP contribution in [0.3, 0.4) is 0 Å². The van der Waals surface area contributed by atoms with Crippen LogP contribution >= 0.6 is 11.8 Å². The van der Waals surface area contributed by atoms with Gasteiger partial charge in [-0.25, -0.2) is 14.6 Å². The first-order valence-electron chi connectivity index (χ1n) is 10.5. The average molecular weight is 431 g/mol. The van der Waals surface area contributed by atoms with Crippen molar-refractivity contribution in [2.75, 3.05) is 18.6 Å². The Hall–Kier alpha value is -1.54. The number of hydrogen-bond donors (Lipinski definition) is 2. The van der Waals surface area contributed by atoms with Gasteiger partial charge in [0.25, 0.3) is 0 Å². The molecule has 1 heterocycles. The number of unbranched alkanes of at least 4 members (excludes halogenated alkanes) is 9. The Morgan fingerprint density at radius 1 is 1.00 bits per heavy atom. The van der Waals surface area contributed by atoms with Gasteiger partial charge in [0.05, 0.1) is 19.0 Å². The minimum Gasteiger partial charge on any atom is -0.473 e. The van der Waals surface area contributed by atoms with Crippen molar-refractivity contribution < 1.29 is 24.5 Å². The van der Waals surface area contributed by atoms with Crippen LogP contribution in [0.1, 0.15) is 71.1 Å². The maximum absolute atomic E-state index is 9.10. The first-order chi connectivity index (χ1) is 14.0. The summed E-state index contributed by atoms with van der Waals surface area (Å²) in [6.45, 7) is 3.19. The number of rotatable bonds is 16. The van der Waals surface area contributed by atoms with Crippen molar-refractivity contribution in [2.24, 2.45) is 0 Å². The predicted molar refractivity (Wildman–Crippen MR) is 117 cm³/mol. The third-order valence-electron chi connectivity index (χ3n) is 4.44. The average Bonchev–Trinajstić information content (AvgIpc) is 3.21. The topological polar surface area (TPSA) is 102 Å². The minimum atomic E-state index is -1.82. The van der Waals surface area contributed by atoms with Gasteiger partial charge in [0, 0.05) is 25.3 Å². The fourth-order valence-corrected chi connectivity index (χ4v) is 3.81. The third-order valence-corrected chi connectivity index (χ3v) is 5.62. The molecule has 0 aliphatic carbocycles. The quantitative estimate of drug-likeness (QED) is 0.289. The van der Waals surface area contributed by atoms with E-state index in [4.69, 9.17) is 24.5 Å². The number of carbonyl (C=O) groups is 2. The van der Waals surface area contributed by atoms with Crippen molar-refractivity contribution >= 4 is 23.7 Å². The van der Waals surface area contributed by atoms with Gasteiger partial charge < -0.3 is 19.5 Å². The van der Waals surface area contributed by atoms with Gasteiger partial charge >= 0.3 is 11.9 Å². The lowest BCUT2D eigenvalue weighted by molar-refractivity contribution is -0.159. The Morgan fingerprint density at radius 2 is 1.55 bits per heavy atom. The summed E-state index contributed by atoms with van der Waals surface area (Å²) in [7, 11) is 1.81. The van der Waals surface area contributed by atoms with E-state index in [0.717, 1.165) is 12.3 Å². The SMILES string of the molecule is CCCCCCCCCCCCSCC(Cn1ccnc1)OC.O=C(O)C(=O)O. The third kappa shape index (κ3) is 18.2. The summed E-state index contributed by atoms with van der Waals surface area (Å²) in [4.78, 5) is 22.3. The number of methoxy groups -OCH3 is 1. The Balaban J connectivity index is 0.00000113. The smallest absolute Gasteiger partial charge is 0.414 e. The van der Waals surface area contributed by atoms with Crippen molar-refractivity contribution in [2.45, 2.75) is 83.8 Å². The summed E-state index contributed by atoms with van der Waals surface area (Å²) in [5.41, 5.74) is 0. The maximum Gasteiger partial charge on any atom is 0.414 e. The number of nitrogens with zero attached hydrogens (tertiary/aromatic N) is 2. The van der Waals surface area contributed by atoms with Crippen LogP contribution in [0, 0.1) is 0 Å². The number of aliphatic carboxylic acids is 2. The van der Waals surface area contributed by atoms with Gasteiger partial charge in [0.1, 0.15) is 0 Å². The molecule has 0 bridgehead atoms. The zero-order chi connectivity index (χ0) is 21.7. The second-order valence-corrected chi connectivity index (χ2v) is 8.13. The highest BCUT2D eigenvalue weighted by Gasteiger charge is 2.08. The summed E-state index contributed by atoms with van der Waals surface area (Å²) in [6.07, 6.45) is 20.1. The molecule has 8 heteroatoms. The van der Waals surface area contributed by atoms with Crippen LogP contribution < -0.4 is 0 Å². The van der Waals surface area contributed by atoms with Crippen LogP contribution in [0.5, 0.6) is 0 Å². The van der Waals surface area contributed by atoms with E-state index in [-0.39, 0.29) is 6.10 Å². The van der Waals surface area contributed by atoms with E-state index in [1.165, 1.54) is 70.0 Å². The zero-order valence-corrected chi connectivity index (χ0v) is 18.7. The molecule has 1 unspecified atom stereocenters. The van der Waals surface area contributed by atoms with Crippen molar-refractivity contribution in [3.8, 4) is 0 Å². The number of aromatic nitrogens is 2. The van der Waals surface area contributed by atoms with E-state index < -0.39 is 11.9 Å². The zero-order valence-electron chi connectivity index (χ0n) is 17.9. The van der Waals surface area contributed by atoms with Crippen molar-refractivity contribution in [1.29, 1.82) is 0 Å². The van der Waals surface area contributed by atoms with Crippen molar-refractivity contribution in [3.05, 3.63) is 18.7 Å². The molecule has 1 rings (SSSR count). The highest BCUT2D eigenvalue weighted by molar-refractivity contribution is 7.99. The molecule has 0 aromatic carbocycles. The Morgan fingerprint density at radius 3 is 2.00 bits per heavy atom. The van der Waals surface area contributed by atoms with E-state index in [1.54, 1.807) is 0 Å². The standard InChI is InChI=1S/C19H36N2OS.C2H2O4/c1-3-4-5-6-7-8-9-10-11-12-15-23-17-19(22-2)16-21-14-13-20-18-21;3-1(4)2(5)6/h13-14,18-19H,3-12,15-17H2,1-2H3;(H,3,4)(H,5,6). The van der Waals surface area contributed by atoms with Crippen LogP contribution in [-0.4, -0.2) is 56.4 Å². The van der Waals surface area contributed by atoms with Gasteiger partial charge in [-0.15, -0.1) is 0 Å². The second-order valence-electron chi connectivity index (χ2n) is 6.98. The molecule has 0 fully saturated rings. The molecule has 168 valence electrons. The molecule has 0 saturated heterocycles. The molecule has 0 saturated carbocycles. The molecule has 0 aliphatic heterocycles. The number of carboxylic acid groups (broad SMARTS) is 2. The summed E-state index contributed by atoms with van der Waals surface area (Å²) in [5, 5.41) is 14.8. The minimum absolute atomic E-state index is 0.289. The monoisotopic (exact) mass is 430 g/mol. The van der Waals surface area contributed by atoms with Gasteiger partial charge in [0.2, 0.25) is 0 Å². The molecule has 0 spiro atoms. The fraction of sp³-hybridized carbons (Fsp3) is 0.762. The van der Waals surface area contributed by atoms with E-state index >= 15 is 0 Å². The van der Waals surface area contributed by atoms with Gasteiger partial charge in [-0.1, -0.05) is 64.7 Å². The lowest BCUT2D eigenvalue weighted by Gasteiger charge is -2.15. The van der Waals surface area contributed by atoms with Crippen molar-refractivity contribution in [3.63, 3.8) is 0 Å². The van der Waals surface area contributed by atoms with Gasteiger partial charge in [0.15, 0.2) is 0 Å². The number of ether oxygens (including phenoxy) is 1. The molecular weight excluding hydrogens is 392 g/mol. The molecule has 0 radical (unpaired) electrons. The molecular formula is C21H38N2O5S. The highest BCUT2D eigenvalue weighted by Crippen LogP contribution is 2.14. The number of thioether (sulfide) groups is 1. The highest BCUT2D eigenvalue weighted by atomic mass is 32.2. The van der Waals surface area contributed by atoms with E-state index in [2.05, 4.69) is 16.5 Å². The van der Waals surface area contributed by atoms with Gasteiger partial charge in [-0.2, -0.15) is 11.8 Å². The van der Waals surface area contributed by atoms with Crippen LogP contribution in [0.2, 0.25) is 0 Å². The first-order valence-corrected chi connectivity index (χ1v) is 11.7. The lowest BCUT2D eigenvalue weighted by atomic mass is 10.1. The second kappa shape index (κ2) is 19.8. The molecule has 7 nitrogen and oxygen atoms in total. The van der Waals surface area contributed by atoms with Crippen LogP contribution in [0.4, 0.5) is 0 Å². The summed E-state index contributed by atoms with van der Waals surface area (Å²) < 4.78 is 7.65. The summed E-state index contributed by atoms with van der Waals surface area (Å²) in [5.74, 6) is -1.31.